The number of rotatable bonds is 2. The highest BCUT2D eigenvalue weighted by molar-refractivity contribution is 6.30. The van der Waals surface area contributed by atoms with Crippen LogP contribution in [0, 0.1) is 26.6 Å². The maximum Gasteiger partial charge on any atom is 0.141 e. The van der Waals surface area contributed by atoms with E-state index in [1.165, 1.54) is 30.2 Å². The Morgan fingerprint density at radius 2 is 1.71 bits per heavy atom. The van der Waals surface area contributed by atoms with Crippen molar-refractivity contribution in [3.63, 3.8) is 0 Å². The quantitative estimate of drug-likeness (QED) is 0.505. The first-order valence-corrected chi connectivity index (χ1v) is 9.42. The van der Waals surface area contributed by atoms with Crippen molar-refractivity contribution in [1.82, 2.24) is 15.0 Å². The molecule has 0 unspecified atom stereocenters. The van der Waals surface area contributed by atoms with E-state index in [-0.39, 0.29) is 5.82 Å². The van der Waals surface area contributed by atoms with Crippen molar-refractivity contribution in [2.45, 2.75) is 39.5 Å². The lowest BCUT2D eigenvalue weighted by Gasteiger charge is -1.97. The summed E-state index contributed by atoms with van der Waals surface area (Å²) in [6.07, 6.45) is 9.21. The Hall–Kier alpha value is -2.53. The van der Waals surface area contributed by atoms with Gasteiger partial charge in [-0.3, -0.25) is 9.97 Å². The topological polar surface area (TPSA) is 47.9 Å². The van der Waals surface area contributed by atoms with Crippen LogP contribution in [-0.4, -0.2) is 22.1 Å². The minimum absolute atomic E-state index is 0.350. The molecule has 0 atom stereocenters. The number of pyridine rings is 3. The van der Waals surface area contributed by atoms with Crippen LogP contribution in [0.5, 0.6) is 5.75 Å². The van der Waals surface area contributed by atoms with Crippen molar-refractivity contribution < 1.29 is 9.13 Å². The number of aryl methyl sites for hydroxylation is 3. The van der Waals surface area contributed by atoms with E-state index in [0.717, 1.165) is 23.4 Å². The van der Waals surface area contributed by atoms with Crippen molar-refractivity contribution in [3.8, 4) is 5.75 Å². The zero-order valence-electron chi connectivity index (χ0n) is 16.6. The average molecular weight is 402 g/mol. The first-order valence-electron chi connectivity index (χ1n) is 9.05. The maximum absolute atomic E-state index is 12.2. The van der Waals surface area contributed by atoms with Gasteiger partial charge < -0.3 is 4.74 Å². The second-order valence-electron chi connectivity index (χ2n) is 6.70. The Balaban J connectivity index is 0.000000151. The first-order chi connectivity index (χ1) is 13.4. The largest absolute Gasteiger partial charge is 0.495 e. The van der Waals surface area contributed by atoms with Gasteiger partial charge in [0.05, 0.1) is 19.5 Å². The fraction of sp³-hybridized carbons (Fsp3) is 0.318. The van der Waals surface area contributed by atoms with Gasteiger partial charge in [-0.15, -0.1) is 0 Å². The lowest BCUT2D eigenvalue weighted by atomic mass is 10.2. The Morgan fingerprint density at radius 3 is 2.18 bits per heavy atom. The summed E-state index contributed by atoms with van der Waals surface area (Å²) in [5, 5.41) is 0.358. The van der Waals surface area contributed by atoms with E-state index in [9.17, 15) is 4.39 Å². The van der Waals surface area contributed by atoms with E-state index in [2.05, 4.69) is 34.0 Å². The Kier molecular flexibility index (Phi) is 8.33. The number of halogens is 2. The van der Waals surface area contributed by atoms with Crippen molar-refractivity contribution in [2.24, 2.45) is 0 Å². The molecule has 0 aromatic carbocycles. The van der Waals surface area contributed by atoms with Crippen molar-refractivity contribution in [1.29, 1.82) is 0 Å². The van der Waals surface area contributed by atoms with Gasteiger partial charge in [0, 0.05) is 24.0 Å². The van der Waals surface area contributed by atoms with E-state index in [1.54, 1.807) is 26.4 Å². The van der Waals surface area contributed by atoms with Crippen molar-refractivity contribution >= 4 is 11.6 Å². The third kappa shape index (κ3) is 7.61. The zero-order chi connectivity index (χ0) is 20.5. The van der Waals surface area contributed by atoms with Crippen LogP contribution in [0.1, 0.15) is 41.1 Å². The van der Waals surface area contributed by atoms with Crippen molar-refractivity contribution in [3.05, 3.63) is 82.4 Å². The molecular formula is C22H25ClFN3O. The first kappa shape index (κ1) is 21.8. The molecule has 4 rings (SSSR count). The molecule has 1 aliphatic carbocycles. The van der Waals surface area contributed by atoms with Crippen LogP contribution in [0.25, 0.3) is 0 Å². The molecule has 0 spiro atoms. The molecule has 0 aliphatic heterocycles. The number of aromatic nitrogens is 3. The van der Waals surface area contributed by atoms with Crippen LogP contribution in [0.2, 0.25) is 5.15 Å². The highest BCUT2D eigenvalue weighted by Gasteiger charge is 2.24. The van der Waals surface area contributed by atoms with Crippen LogP contribution in [0.4, 0.5) is 4.39 Å². The summed E-state index contributed by atoms with van der Waals surface area (Å²) in [5.41, 5.74) is 4.32. The molecule has 0 saturated heterocycles. The predicted molar refractivity (Wildman–Crippen MR) is 110 cm³/mol. The number of hydrogen-bond acceptors (Lipinski definition) is 4. The van der Waals surface area contributed by atoms with Gasteiger partial charge in [0.1, 0.15) is 16.7 Å². The number of ether oxygens (including phenoxy) is 1. The van der Waals surface area contributed by atoms with Gasteiger partial charge in [-0.2, -0.15) is 0 Å². The summed E-state index contributed by atoms with van der Waals surface area (Å²) in [6.45, 7) is 5.76. The summed E-state index contributed by atoms with van der Waals surface area (Å²) >= 11 is 5.50. The third-order valence-electron chi connectivity index (χ3n) is 4.00. The predicted octanol–water partition coefficient (Wildman–Crippen LogP) is 5.85. The zero-order valence-corrected chi connectivity index (χ0v) is 17.4. The van der Waals surface area contributed by atoms with Gasteiger partial charge in [-0.1, -0.05) is 17.7 Å². The lowest BCUT2D eigenvalue weighted by Crippen LogP contribution is -1.84. The van der Waals surface area contributed by atoms with E-state index in [0.29, 0.717) is 10.7 Å². The second-order valence-corrected chi connectivity index (χ2v) is 7.06. The van der Waals surface area contributed by atoms with Gasteiger partial charge >= 0.3 is 0 Å². The number of methoxy groups -OCH3 is 1. The van der Waals surface area contributed by atoms with E-state index in [1.807, 2.05) is 19.2 Å². The molecule has 1 aliphatic rings. The molecule has 1 fully saturated rings. The molecule has 3 heterocycles. The van der Waals surface area contributed by atoms with Crippen LogP contribution in [0.3, 0.4) is 0 Å². The molecule has 3 aromatic heterocycles. The third-order valence-corrected chi connectivity index (χ3v) is 4.39. The lowest BCUT2D eigenvalue weighted by molar-refractivity contribution is 0.412. The van der Waals surface area contributed by atoms with Gasteiger partial charge in [-0.05, 0) is 68.5 Å². The summed E-state index contributed by atoms with van der Waals surface area (Å²) in [7, 11) is 1.64. The van der Waals surface area contributed by atoms with Crippen LogP contribution in [-0.2, 0) is 0 Å². The van der Waals surface area contributed by atoms with Gasteiger partial charge in [0.25, 0.3) is 0 Å². The maximum atomic E-state index is 12.2. The molecule has 6 heteroatoms. The highest BCUT2D eigenvalue weighted by atomic mass is 35.5. The fourth-order valence-corrected chi connectivity index (χ4v) is 2.37. The molecule has 0 N–H and O–H groups in total. The Bertz CT molecular complexity index is 883. The Morgan fingerprint density at radius 1 is 0.964 bits per heavy atom. The summed E-state index contributed by atoms with van der Waals surface area (Å²) in [5.74, 6) is 1.26. The number of hydrogen-bond donors (Lipinski definition) is 0. The molecule has 0 radical (unpaired) electrons. The van der Waals surface area contributed by atoms with E-state index >= 15 is 0 Å². The minimum Gasteiger partial charge on any atom is -0.495 e. The molecule has 28 heavy (non-hydrogen) atoms. The second kappa shape index (κ2) is 10.7. The summed E-state index contributed by atoms with van der Waals surface area (Å²) in [4.78, 5) is 11.8. The monoisotopic (exact) mass is 401 g/mol. The molecule has 148 valence electrons. The molecular weight excluding hydrogens is 377 g/mol. The summed E-state index contributed by atoms with van der Waals surface area (Å²) < 4.78 is 17.2. The van der Waals surface area contributed by atoms with Crippen LogP contribution in [0.15, 0.2) is 49.1 Å². The van der Waals surface area contributed by atoms with Crippen LogP contribution >= 0.6 is 11.6 Å². The smallest absolute Gasteiger partial charge is 0.141 e. The van der Waals surface area contributed by atoms with Gasteiger partial charge in [0.15, 0.2) is 0 Å². The highest BCUT2D eigenvalue weighted by Crippen LogP contribution is 2.38. The average Bonchev–Trinajstić information content (AvgIpc) is 3.52. The van der Waals surface area contributed by atoms with Crippen molar-refractivity contribution in [2.75, 3.05) is 7.11 Å². The SMILES string of the molecule is COc1cncc(C)c1.Cc1cc(F)cnc1Cl.Cc1ccc(C2CC2)nc1. The molecule has 3 aromatic rings. The van der Waals surface area contributed by atoms with Gasteiger partial charge in [0.2, 0.25) is 0 Å². The normalized spacial score (nSPS) is 12.2. The minimum atomic E-state index is -0.350. The molecule has 0 bridgehead atoms. The fourth-order valence-electron chi connectivity index (χ4n) is 2.26. The Labute approximate surface area is 170 Å². The molecule has 1 saturated carbocycles. The van der Waals surface area contributed by atoms with Crippen LogP contribution < -0.4 is 4.74 Å². The molecule has 0 amide bonds. The van der Waals surface area contributed by atoms with E-state index < -0.39 is 0 Å². The molecule has 4 nitrogen and oxygen atoms in total. The summed E-state index contributed by atoms with van der Waals surface area (Å²) in [6, 6.07) is 7.57. The standard InChI is InChI=1S/C9H11N.C7H9NO.C6H5ClFN/c1-7-2-5-9(10-6-7)8-3-4-8;1-6-3-7(9-2)5-8-4-6;1-4-2-5(8)3-9-6(4)7/h2,5-6,8H,3-4H2,1H3;3-5H,1-2H3;2-3H,1H3. The number of nitrogens with zero attached hydrogens (tertiary/aromatic N) is 3. The van der Waals surface area contributed by atoms with E-state index in [4.69, 9.17) is 16.3 Å². The van der Waals surface area contributed by atoms with Gasteiger partial charge in [-0.25, -0.2) is 9.37 Å².